The van der Waals surface area contributed by atoms with Gasteiger partial charge in [-0.15, -0.1) is 11.8 Å². The summed E-state index contributed by atoms with van der Waals surface area (Å²) in [6.07, 6.45) is 2.04. The maximum Gasteiger partial charge on any atom is 0.330 e. The van der Waals surface area contributed by atoms with Gasteiger partial charge in [-0.2, -0.15) is 0 Å². The van der Waals surface area contributed by atoms with Crippen LogP contribution >= 0.6 is 11.8 Å². The molecule has 25 heavy (non-hydrogen) atoms. The van der Waals surface area contributed by atoms with Crippen molar-refractivity contribution in [2.45, 2.75) is 37.1 Å². The van der Waals surface area contributed by atoms with Crippen molar-refractivity contribution in [3.8, 4) is 0 Å². The molecule has 3 aliphatic rings. The molecule has 2 atom stereocenters. The molecule has 1 aromatic carbocycles. The van der Waals surface area contributed by atoms with Gasteiger partial charge in [0.15, 0.2) is 6.61 Å². The lowest BCUT2D eigenvalue weighted by molar-refractivity contribution is -0.155. The van der Waals surface area contributed by atoms with Gasteiger partial charge in [0, 0.05) is 24.4 Å². The van der Waals surface area contributed by atoms with E-state index in [-0.39, 0.29) is 23.3 Å². The molecular weight excluding hydrogens is 340 g/mol. The topological polar surface area (TPSA) is 66.9 Å². The third kappa shape index (κ3) is 2.70. The van der Waals surface area contributed by atoms with E-state index in [1.807, 2.05) is 31.2 Å². The van der Waals surface area contributed by atoms with Crippen molar-refractivity contribution in [3.63, 3.8) is 0 Å². The normalized spacial score (nSPS) is 27.4. The Morgan fingerprint density at radius 3 is 2.96 bits per heavy atom. The summed E-state index contributed by atoms with van der Waals surface area (Å²) in [6.45, 7) is 2.31. The van der Waals surface area contributed by atoms with E-state index < -0.39 is 12.0 Å². The monoisotopic (exact) mass is 360 g/mol. The number of nitrogens with zero attached hydrogens (tertiary/aromatic N) is 2. The van der Waals surface area contributed by atoms with Crippen LogP contribution in [0.15, 0.2) is 24.3 Å². The largest absolute Gasteiger partial charge is 0.454 e. The van der Waals surface area contributed by atoms with Gasteiger partial charge in [-0.3, -0.25) is 9.59 Å². The molecule has 0 aliphatic carbocycles. The number of ether oxygens (including phenoxy) is 1. The van der Waals surface area contributed by atoms with Gasteiger partial charge in [0.1, 0.15) is 6.04 Å². The Morgan fingerprint density at radius 2 is 2.12 bits per heavy atom. The predicted octanol–water partition coefficient (Wildman–Crippen LogP) is 1.57. The number of carbonyl (C=O) groups is 3. The number of hydrogen-bond donors (Lipinski definition) is 0. The quantitative estimate of drug-likeness (QED) is 0.766. The van der Waals surface area contributed by atoms with E-state index >= 15 is 0 Å². The van der Waals surface area contributed by atoms with Gasteiger partial charge in [0.2, 0.25) is 5.91 Å². The molecule has 4 rings (SSSR count). The second-order valence-electron chi connectivity index (χ2n) is 6.80. The Kier molecular flexibility index (Phi) is 3.98. The third-order valence-corrected chi connectivity index (χ3v) is 6.75. The van der Waals surface area contributed by atoms with Crippen molar-refractivity contribution in [2.75, 3.05) is 23.8 Å². The molecule has 3 heterocycles. The zero-order chi connectivity index (χ0) is 17.6. The first-order valence-corrected chi connectivity index (χ1v) is 9.49. The minimum Gasteiger partial charge on any atom is -0.454 e. The van der Waals surface area contributed by atoms with Crippen molar-refractivity contribution in [2.24, 2.45) is 0 Å². The highest BCUT2D eigenvalue weighted by molar-refractivity contribution is 8.01. The molecule has 2 fully saturated rings. The van der Waals surface area contributed by atoms with Crippen LogP contribution in [-0.4, -0.2) is 52.5 Å². The second-order valence-corrected chi connectivity index (χ2v) is 8.30. The van der Waals surface area contributed by atoms with Crippen molar-refractivity contribution in [1.82, 2.24) is 4.90 Å². The molecule has 2 amide bonds. The average molecular weight is 360 g/mol. The van der Waals surface area contributed by atoms with Crippen LogP contribution < -0.4 is 4.90 Å². The molecule has 7 heteroatoms. The number of benzene rings is 1. The molecule has 1 aromatic rings. The highest BCUT2D eigenvalue weighted by Crippen LogP contribution is 2.47. The lowest BCUT2D eigenvalue weighted by atomic mass is 10.2. The van der Waals surface area contributed by atoms with Gasteiger partial charge in [0.25, 0.3) is 5.91 Å². The van der Waals surface area contributed by atoms with E-state index in [0.29, 0.717) is 18.7 Å². The Balaban J connectivity index is 1.38. The molecule has 0 saturated carbocycles. The first kappa shape index (κ1) is 16.4. The molecule has 0 radical (unpaired) electrons. The van der Waals surface area contributed by atoms with Crippen LogP contribution in [0.2, 0.25) is 0 Å². The van der Waals surface area contributed by atoms with Gasteiger partial charge in [-0.05, 0) is 31.4 Å². The highest BCUT2D eigenvalue weighted by Gasteiger charge is 2.53. The van der Waals surface area contributed by atoms with Gasteiger partial charge in [-0.25, -0.2) is 4.79 Å². The van der Waals surface area contributed by atoms with Crippen LogP contribution in [0.1, 0.15) is 25.3 Å². The molecular formula is C18H20N2O4S. The first-order valence-electron chi connectivity index (χ1n) is 8.51. The van der Waals surface area contributed by atoms with E-state index in [1.54, 1.807) is 21.6 Å². The molecule has 0 unspecified atom stereocenters. The third-order valence-electron chi connectivity index (χ3n) is 5.24. The number of rotatable bonds is 3. The smallest absolute Gasteiger partial charge is 0.330 e. The molecule has 0 N–H and O–H groups in total. The number of carbonyl (C=O) groups excluding carboxylic acids is 3. The summed E-state index contributed by atoms with van der Waals surface area (Å²) in [5, 5.41) is 0. The van der Waals surface area contributed by atoms with E-state index in [1.165, 1.54) is 0 Å². The summed E-state index contributed by atoms with van der Waals surface area (Å²) in [7, 11) is 0. The summed E-state index contributed by atoms with van der Waals surface area (Å²) in [4.78, 5) is 40.0. The summed E-state index contributed by atoms with van der Waals surface area (Å²) in [5.74, 6) is -0.178. The summed E-state index contributed by atoms with van der Waals surface area (Å²) < 4.78 is 5.28. The lowest BCUT2D eigenvalue weighted by Gasteiger charge is -2.29. The molecule has 0 bridgehead atoms. The van der Waals surface area contributed by atoms with E-state index in [9.17, 15) is 14.4 Å². The molecule has 132 valence electrons. The lowest BCUT2D eigenvalue weighted by Crippen LogP contribution is -2.47. The Morgan fingerprint density at radius 1 is 1.32 bits per heavy atom. The van der Waals surface area contributed by atoms with Crippen LogP contribution in [0.25, 0.3) is 0 Å². The molecule has 0 spiro atoms. The maximum absolute atomic E-state index is 12.4. The Labute approximate surface area is 150 Å². The number of fused-ring (bicyclic) bond motifs is 2. The number of esters is 1. The zero-order valence-corrected chi connectivity index (χ0v) is 14.9. The fraction of sp³-hybridized carbons (Fsp3) is 0.500. The number of hydrogen-bond acceptors (Lipinski definition) is 5. The maximum atomic E-state index is 12.4. The molecule has 0 aromatic heterocycles. The van der Waals surface area contributed by atoms with Crippen molar-refractivity contribution in [3.05, 3.63) is 29.8 Å². The van der Waals surface area contributed by atoms with Gasteiger partial charge < -0.3 is 14.5 Å². The molecule has 2 saturated heterocycles. The van der Waals surface area contributed by atoms with Crippen LogP contribution in [-0.2, 0) is 25.5 Å². The highest BCUT2D eigenvalue weighted by atomic mass is 32.2. The fourth-order valence-corrected chi connectivity index (χ4v) is 5.32. The van der Waals surface area contributed by atoms with Gasteiger partial charge in [0.05, 0.1) is 4.87 Å². The standard InChI is InChI=1S/C18H20N2O4S/c1-18-8-6-15(21)20(18)14(11-25-18)17(23)24-10-16(22)19-9-7-12-4-2-3-5-13(12)19/h2-5,14H,6-11H2,1H3/t14-,18-/m0/s1. The molecule has 6 nitrogen and oxygen atoms in total. The van der Waals surface area contributed by atoms with E-state index in [2.05, 4.69) is 0 Å². The van der Waals surface area contributed by atoms with Crippen LogP contribution in [0.4, 0.5) is 5.69 Å². The molecule has 3 aliphatic heterocycles. The number of para-hydroxylation sites is 1. The van der Waals surface area contributed by atoms with Crippen LogP contribution in [0, 0.1) is 0 Å². The minimum atomic E-state index is -0.580. The van der Waals surface area contributed by atoms with E-state index in [0.717, 1.165) is 24.1 Å². The van der Waals surface area contributed by atoms with E-state index in [4.69, 9.17) is 4.74 Å². The summed E-state index contributed by atoms with van der Waals surface area (Å²) in [6, 6.07) is 7.18. The van der Waals surface area contributed by atoms with Crippen LogP contribution in [0.5, 0.6) is 0 Å². The van der Waals surface area contributed by atoms with Crippen molar-refractivity contribution in [1.29, 1.82) is 0 Å². The van der Waals surface area contributed by atoms with Crippen LogP contribution in [0.3, 0.4) is 0 Å². The fourth-order valence-electron chi connectivity index (χ4n) is 3.90. The second kappa shape index (κ2) is 6.05. The van der Waals surface area contributed by atoms with Gasteiger partial charge in [-0.1, -0.05) is 18.2 Å². The van der Waals surface area contributed by atoms with Gasteiger partial charge >= 0.3 is 5.97 Å². The van der Waals surface area contributed by atoms with Crippen molar-refractivity contribution < 1.29 is 19.1 Å². The number of thioether (sulfide) groups is 1. The minimum absolute atomic E-state index is 0.00533. The Hall–Kier alpha value is -2.02. The average Bonchev–Trinajstić information content (AvgIpc) is 3.26. The zero-order valence-electron chi connectivity index (χ0n) is 14.1. The summed E-state index contributed by atoms with van der Waals surface area (Å²) >= 11 is 1.61. The summed E-state index contributed by atoms with van der Waals surface area (Å²) in [5.41, 5.74) is 2.02. The number of anilines is 1. The first-order chi connectivity index (χ1) is 12.0. The number of amides is 2. The SMILES string of the molecule is C[C@]12CCC(=O)N1[C@H](C(=O)OCC(=O)N1CCc3ccccc31)CS2. The Bertz CT molecular complexity index is 752. The van der Waals surface area contributed by atoms with Crippen molar-refractivity contribution >= 4 is 35.2 Å². The predicted molar refractivity (Wildman–Crippen MR) is 94.2 cm³/mol.